The number of aryl methyl sites for hydroxylation is 1. The molecule has 0 saturated carbocycles. The molecule has 0 bridgehead atoms. The summed E-state index contributed by atoms with van der Waals surface area (Å²) >= 11 is 3.46. The maximum Gasteiger partial charge on any atom is 0.310 e. The maximum atomic E-state index is 12.6. The first-order valence-electron chi connectivity index (χ1n) is 13.4. The van der Waals surface area contributed by atoms with Crippen LogP contribution in [0.3, 0.4) is 0 Å². The Morgan fingerprint density at radius 3 is 2.46 bits per heavy atom. The van der Waals surface area contributed by atoms with Crippen LogP contribution in [0.1, 0.15) is 68.5 Å². The third-order valence-corrected chi connectivity index (χ3v) is 7.45. The molecule has 0 atom stereocenters. The van der Waals surface area contributed by atoms with Gasteiger partial charge in [-0.15, -0.1) is 0 Å². The lowest BCUT2D eigenvalue weighted by molar-refractivity contribution is -0.151. The van der Waals surface area contributed by atoms with Crippen LogP contribution in [0.4, 0.5) is 5.69 Å². The largest absolute Gasteiger partial charge is 0.481 e. The number of carbonyl (C=O) groups excluding carboxylic acids is 1. The van der Waals surface area contributed by atoms with Gasteiger partial charge in [0, 0.05) is 23.2 Å². The summed E-state index contributed by atoms with van der Waals surface area (Å²) in [4.78, 5) is 29.0. The zero-order valence-corrected chi connectivity index (χ0v) is 24.2. The van der Waals surface area contributed by atoms with Gasteiger partial charge in [0.05, 0.1) is 23.4 Å². The number of aromatic nitrogens is 1. The highest BCUT2D eigenvalue weighted by Crippen LogP contribution is 2.31. The number of unbranched alkanes of at least 4 members (excludes halogenated alkanes) is 1. The fourth-order valence-electron chi connectivity index (χ4n) is 4.32. The molecular weight excluding hydrogens is 556 g/mol. The number of rotatable bonds is 15. The van der Waals surface area contributed by atoms with Crippen molar-refractivity contribution in [2.24, 2.45) is 5.41 Å². The number of carbonyl (C=O) groups is 2. The maximum absolute atomic E-state index is 12.6. The molecular formula is C32H37BrN2O4. The number of carboxylic acid groups (broad SMARTS) is 1. The van der Waals surface area contributed by atoms with Crippen LogP contribution in [0.5, 0.6) is 0 Å². The molecule has 0 unspecified atom stereocenters. The number of pyridine rings is 1. The molecule has 206 valence electrons. The number of aliphatic carboxylic acids is 1. The van der Waals surface area contributed by atoms with Gasteiger partial charge >= 0.3 is 5.97 Å². The van der Waals surface area contributed by atoms with Gasteiger partial charge in [-0.05, 0) is 85.7 Å². The molecule has 7 heteroatoms. The molecule has 0 fully saturated rings. The van der Waals surface area contributed by atoms with Gasteiger partial charge < -0.3 is 15.2 Å². The highest BCUT2D eigenvalue weighted by Gasteiger charge is 2.37. The minimum atomic E-state index is -1.04. The lowest BCUT2D eigenvalue weighted by atomic mass is 9.79. The van der Waals surface area contributed by atoms with Gasteiger partial charge in [-0.3, -0.25) is 14.6 Å². The van der Waals surface area contributed by atoms with E-state index >= 15 is 0 Å². The van der Waals surface area contributed by atoms with Crippen LogP contribution in [0, 0.1) is 5.41 Å². The molecule has 0 aliphatic heterocycles. The summed E-state index contributed by atoms with van der Waals surface area (Å²) in [6, 6.07) is 21.7. The molecule has 0 saturated heterocycles. The van der Waals surface area contributed by atoms with E-state index in [1.807, 2.05) is 48.6 Å². The number of nitrogens with one attached hydrogen (secondary N) is 1. The van der Waals surface area contributed by atoms with Crippen molar-refractivity contribution >= 4 is 45.6 Å². The van der Waals surface area contributed by atoms with Gasteiger partial charge in [-0.1, -0.05) is 66.2 Å². The third-order valence-electron chi connectivity index (χ3n) is 6.92. The van der Waals surface area contributed by atoms with Gasteiger partial charge in [-0.2, -0.15) is 0 Å². The van der Waals surface area contributed by atoms with E-state index in [-0.39, 0.29) is 12.3 Å². The Hall–Kier alpha value is -3.29. The minimum absolute atomic E-state index is 0.0562. The molecule has 6 nitrogen and oxygen atoms in total. The molecule has 2 N–H and O–H groups in total. The van der Waals surface area contributed by atoms with Crippen LogP contribution in [0.25, 0.3) is 12.2 Å². The predicted molar refractivity (Wildman–Crippen MR) is 160 cm³/mol. The monoisotopic (exact) mass is 592 g/mol. The van der Waals surface area contributed by atoms with Gasteiger partial charge in [0.2, 0.25) is 5.91 Å². The second-order valence-electron chi connectivity index (χ2n) is 9.67. The Kier molecular flexibility index (Phi) is 11.9. The summed E-state index contributed by atoms with van der Waals surface area (Å²) in [6.07, 6.45) is 7.72. The van der Waals surface area contributed by atoms with Crippen LogP contribution in [-0.2, 0) is 27.4 Å². The Labute approximate surface area is 239 Å². The number of benzene rings is 2. The van der Waals surface area contributed by atoms with Crippen molar-refractivity contribution in [3.05, 3.63) is 93.7 Å². The molecule has 1 amide bonds. The molecule has 1 heterocycles. The van der Waals surface area contributed by atoms with Gasteiger partial charge in [0.1, 0.15) is 0 Å². The van der Waals surface area contributed by atoms with Crippen LogP contribution in [0.15, 0.2) is 71.2 Å². The first-order chi connectivity index (χ1) is 18.8. The van der Waals surface area contributed by atoms with Crippen molar-refractivity contribution in [1.82, 2.24) is 4.98 Å². The standard InChI is InChI=1S/C32H37BrN2O4/c1-3-32(4-2,31(37)38)22-30(36)35-28-12-7-10-25(21-28)16-19-27-11-8-13-29(34-27)23-39-20-6-5-9-24-14-17-26(33)18-15-24/h7-8,10-19,21H,3-6,9,20,22-23H2,1-2H3,(H,35,36)(H,37,38)/b19-16+. The summed E-state index contributed by atoms with van der Waals surface area (Å²) < 4.78 is 6.94. The molecule has 3 rings (SSSR count). The van der Waals surface area contributed by atoms with Gasteiger partial charge in [0.25, 0.3) is 0 Å². The molecule has 1 aromatic heterocycles. The van der Waals surface area contributed by atoms with Crippen molar-refractivity contribution < 1.29 is 19.4 Å². The quantitative estimate of drug-likeness (QED) is 0.176. The number of amides is 1. The molecule has 0 spiro atoms. The molecule has 0 radical (unpaired) electrons. The Bertz CT molecular complexity index is 1250. The second-order valence-corrected chi connectivity index (χ2v) is 10.6. The summed E-state index contributed by atoms with van der Waals surface area (Å²) in [6.45, 7) is 4.77. The fourth-order valence-corrected chi connectivity index (χ4v) is 4.59. The SMILES string of the molecule is CCC(CC)(CC(=O)Nc1cccc(/C=C/c2cccc(COCCCCc3ccc(Br)cc3)n2)c1)C(=O)O. The van der Waals surface area contributed by atoms with Crippen molar-refractivity contribution in [1.29, 1.82) is 0 Å². The zero-order chi connectivity index (χ0) is 28.1. The number of halogens is 1. The molecule has 3 aromatic rings. The fraction of sp³-hybridized carbons (Fsp3) is 0.344. The third kappa shape index (κ3) is 9.75. The summed E-state index contributed by atoms with van der Waals surface area (Å²) in [5, 5.41) is 12.5. The number of anilines is 1. The molecule has 39 heavy (non-hydrogen) atoms. The number of carboxylic acids is 1. The van der Waals surface area contributed by atoms with E-state index in [9.17, 15) is 14.7 Å². The van der Waals surface area contributed by atoms with Crippen molar-refractivity contribution in [2.45, 2.75) is 59.0 Å². The van der Waals surface area contributed by atoms with E-state index in [0.29, 0.717) is 31.7 Å². The number of hydrogen-bond acceptors (Lipinski definition) is 4. The number of ether oxygens (including phenoxy) is 1. The summed E-state index contributed by atoms with van der Waals surface area (Å²) in [7, 11) is 0. The van der Waals surface area contributed by atoms with Crippen LogP contribution < -0.4 is 5.32 Å². The van der Waals surface area contributed by atoms with E-state index in [0.717, 1.165) is 40.7 Å². The average Bonchev–Trinajstić information content (AvgIpc) is 2.94. The first kappa shape index (κ1) is 30.3. The molecule has 0 aliphatic rings. The van der Waals surface area contributed by atoms with Crippen LogP contribution >= 0.6 is 15.9 Å². The Morgan fingerprint density at radius 2 is 1.74 bits per heavy atom. The number of nitrogens with zero attached hydrogens (tertiary/aromatic N) is 1. The van der Waals surface area contributed by atoms with Crippen LogP contribution in [0.2, 0.25) is 0 Å². The van der Waals surface area contributed by atoms with E-state index in [1.165, 1.54) is 5.56 Å². The molecule has 2 aromatic carbocycles. The van der Waals surface area contributed by atoms with Crippen LogP contribution in [-0.4, -0.2) is 28.6 Å². The topological polar surface area (TPSA) is 88.5 Å². The van der Waals surface area contributed by atoms with Gasteiger partial charge in [-0.25, -0.2) is 0 Å². The summed E-state index contributed by atoms with van der Waals surface area (Å²) in [5.41, 5.74) is 3.52. The van der Waals surface area contributed by atoms with E-state index in [2.05, 4.69) is 50.5 Å². The lowest BCUT2D eigenvalue weighted by Crippen LogP contribution is -2.34. The van der Waals surface area contributed by atoms with E-state index < -0.39 is 11.4 Å². The first-order valence-corrected chi connectivity index (χ1v) is 14.2. The van der Waals surface area contributed by atoms with Gasteiger partial charge in [0.15, 0.2) is 0 Å². The van der Waals surface area contributed by atoms with E-state index in [1.54, 1.807) is 19.9 Å². The smallest absolute Gasteiger partial charge is 0.310 e. The highest BCUT2D eigenvalue weighted by molar-refractivity contribution is 9.10. The number of hydrogen-bond donors (Lipinski definition) is 2. The lowest BCUT2D eigenvalue weighted by Gasteiger charge is -2.25. The predicted octanol–water partition coefficient (Wildman–Crippen LogP) is 7.77. The van der Waals surface area contributed by atoms with Crippen molar-refractivity contribution in [3.8, 4) is 0 Å². The van der Waals surface area contributed by atoms with Crippen molar-refractivity contribution in [2.75, 3.05) is 11.9 Å². The van der Waals surface area contributed by atoms with Crippen molar-refractivity contribution in [3.63, 3.8) is 0 Å². The Morgan fingerprint density at radius 1 is 1.00 bits per heavy atom. The normalized spacial score (nSPS) is 11.6. The summed E-state index contributed by atoms with van der Waals surface area (Å²) in [5.74, 6) is -1.24. The minimum Gasteiger partial charge on any atom is -0.481 e. The average molecular weight is 594 g/mol. The molecule has 0 aliphatic carbocycles. The van der Waals surface area contributed by atoms with E-state index in [4.69, 9.17) is 4.74 Å². The zero-order valence-electron chi connectivity index (χ0n) is 22.7. The highest BCUT2D eigenvalue weighted by atomic mass is 79.9. The Balaban J connectivity index is 1.48. The second kappa shape index (κ2) is 15.3.